The highest BCUT2D eigenvalue weighted by Crippen LogP contribution is 2.09. The van der Waals surface area contributed by atoms with E-state index in [1.54, 1.807) is 0 Å². The van der Waals surface area contributed by atoms with Crippen molar-refractivity contribution >= 4 is 12.4 Å². The molecule has 0 aromatic rings. The molecule has 3 heteroatoms. The molecule has 1 unspecified atom stereocenters. The van der Waals surface area contributed by atoms with Crippen molar-refractivity contribution in [2.24, 2.45) is 0 Å². The minimum Gasteiger partial charge on any atom is -0.377 e. The van der Waals surface area contributed by atoms with E-state index in [0.717, 1.165) is 19.7 Å². The van der Waals surface area contributed by atoms with Crippen LogP contribution in [0.5, 0.6) is 0 Å². The van der Waals surface area contributed by atoms with Gasteiger partial charge in [0.05, 0.1) is 6.10 Å². The van der Waals surface area contributed by atoms with E-state index < -0.39 is 0 Å². The summed E-state index contributed by atoms with van der Waals surface area (Å²) in [6.45, 7) is 5.18. The van der Waals surface area contributed by atoms with Crippen LogP contribution >= 0.6 is 12.4 Å². The number of hydrogen-bond acceptors (Lipinski definition) is 2. The van der Waals surface area contributed by atoms with Crippen LogP contribution in [0.15, 0.2) is 0 Å². The SMILES string of the molecule is CCNCC1CCCO1.Cl. The van der Waals surface area contributed by atoms with Gasteiger partial charge in [0.15, 0.2) is 0 Å². The van der Waals surface area contributed by atoms with Crippen molar-refractivity contribution in [3.63, 3.8) is 0 Å². The number of nitrogens with one attached hydrogen (secondary N) is 1. The van der Waals surface area contributed by atoms with Gasteiger partial charge in [-0.2, -0.15) is 0 Å². The van der Waals surface area contributed by atoms with Crippen LogP contribution in [0.1, 0.15) is 19.8 Å². The molecule has 0 aliphatic carbocycles. The van der Waals surface area contributed by atoms with Crippen LogP contribution in [0.4, 0.5) is 0 Å². The lowest BCUT2D eigenvalue weighted by atomic mass is 10.2. The first-order valence-corrected chi connectivity index (χ1v) is 3.76. The maximum absolute atomic E-state index is 5.39. The molecule has 1 rings (SSSR count). The summed E-state index contributed by atoms with van der Waals surface area (Å²) >= 11 is 0. The zero-order chi connectivity index (χ0) is 6.53. The number of hydrogen-bond donors (Lipinski definition) is 1. The van der Waals surface area contributed by atoms with Gasteiger partial charge in [0.1, 0.15) is 0 Å². The van der Waals surface area contributed by atoms with Crippen LogP contribution in [-0.2, 0) is 4.74 Å². The quantitative estimate of drug-likeness (QED) is 0.679. The van der Waals surface area contributed by atoms with Crippen molar-refractivity contribution in [1.29, 1.82) is 0 Å². The maximum atomic E-state index is 5.39. The van der Waals surface area contributed by atoms with Gasteiger partial charge in [-0.1, -0.05) is 6.92 Å². The fourth-order valence-corrected chi connectivity index (χ4v) is 1.11. The van der Waals surface area contributed by atoms with Gasteiger partial charge in [-0.15, -0.1) is 12.4 Å². The molecule has 2 nitrogen and oxygen atoms in total. The molecule has 1 atom stereocenters. The van der Waals surface area contributed by atoms with Crippen molar-refractivity contribution in [1.82, 2.24) is 5.32 Å². The predicted octanol–water partition coefficient (Wildman–Crippen LogP) is 1.20. The van der Waals surface area contributed by atoms with Gasteiger partial charge >= 0.3 is 0 Å². The summed E-state index contributed by atoms with van der Waals surface area (Å²) in [5.74, 6) is 0. The molecule has 1 aliphatic heterocycles. The predicted molar refractivity (Wildman–Crippen MR) is 44.8 cm³/mol. The van der Waals surface area contributed by atoms with Crippen molar-refractivity contribution in [3.05, 3.63) is 0 Å². The van der Waals surface area contributed by atoms with Crippen LogP contribution in [0.25, 0.3) is 0 Å². The fraction of sp³-hybridized carbons (Fsp3) is 1.00. The van der Waals surface area contributed by atoms with E-state index in [1.807, 2.05) is 0 Å². The molecule has 62 valence electrons. The molecule has 0 saturated carbocycles. The summed E-state index contributed by atoms with van der Waals surface area (Å²) in [5, 5.41) is 3.27. The summed E-state index contributed by atoms with van der Waals surface area (Å²) in [7, 11) is 0. The second-order valence-electron chi connectivity index (χ2n) is 2.44. The van der Waals surface area contributed by atoms with Gasteiger partial charge in [0.25, 0.3) is 0 Å². The van der Waals surface area contributed by atoms with E-state index in [0.29, 0.717) is 6.10 Å². The molecule has 1 heterocycles. The summed E-state index contributed by atoms with van der Waals surface area (Å²) < 4.78 is 5.39. The third-order valence-corrected chi connectivity index (χ3v) is 1.65. The smallest absolute Gasteiger partial charge is 0.0700 e. The van der Waals surface area contributed by atoms with Crippen molar-refractivity contribution in [2.75, 3.05) is 19.7 Å². The summed E-state index contributed by atoms with van der Waals surface area (Å²) in [4.78, 5) is 0. The van der Waals surface area contributed by atoms with E-state index >= 15 is 0 Å². The van der Waals surface area contributed by atoms with Crippen LogP contribution in [-0.4, -0.2) is 25.8 Å². The van der Waals surface area contributed by atoms with Gasteiger partial charge in [0, 0.05) is 13.2 Å². The average Bonchev–Trinajstić information content (AvgIpc) is 2.34. The Bertz CT molecular complexity index is 74.0. The van der Waals surface area contributed by atoms with E-state index in [4.69, 9.17) is 4.74 Å². The van der Waals surface area contributed by atoms with E-state index in [9.17, 15) is 0 Å². The third-order valence-electron chi connectivity index (χ3n) is 1.65. The lowest BCUT2D eigenvalue weighted by molar-refractivity contribution is 0.110. The Hall–Kier alpha value is 0.210. The molecule has 0 radical (unpaired) electrons. The number of rotatable bonds is 3. The van der Waals surface area contributed by atoms with Crippen molar-refractivity contribution < 1.29 is 4.74 Å². The van der Waals surface area contributed by atoms with Gasteiger partial charge in [-0.25, -0.2) is 0 Å². The summed E-state index contributed by atoms with van der Waals surface area (Å²) in [6, 6.07) is 0. The van der Waals surface area contributed by atoms with Crippen molar-refractivity contribution in [3.8, 4) is 0 Å². The molecule has 1 saturated heterocycles. The molecular weight excluding hydrogens is 150 g/mol. The Kier molecular flexibility index (Phi) is 6.08. The van der Waals surface area contributed by atoms with Gasteiger partial charge < -0.3 is 10.1 Å². The lowest BCUT2D eigenvalue weighted by Crippen LogP contribution is -2.25. The summed E-state index contributed by atoms with van der Waals surface area (Å²) in [5.41, 5.74) is 0. The maximum Gasteiger partial charge on any atom is 0.0700 e. The zero-order valence-corrected chi connectivity index (χ0v) is 7.25. The molecule has 1 fully saturated rings. The first kappa shape index (κ1) is 10.2. The van der Waals surface area contributed by atoms with Gasteiger partial charge in [-0.05, 0) is 19.4 Å². The Balaban J connectivity index is 0.000000810. The monoisotopic (exact) mass is 165 g/mol. The van der Waals surface area contributed by atoms with Crippen LogP contribution in [0.3, 0.4) is 0 Å². The van der Waals surface area contributed by atoms with Crippen LogP contribution in [0, 0.1) is 0 Å². The highest BCUT2D eigenvalue weighted by molar-refractivity contribution is 5.85. The van der Waals surface area contributed by atoms with Crippen LogP contribution < -0.4 is 5.32 Å². The third kappa shape index (κ3) is 3.40. The Morgan fingerprint density at radius 2 is 2.40 bits per heavy atom. The molecule has 1 aliphatic rings. The second-order valence-corrected chi connectivity index (χ2v) is 2.44. The van der Waals surface area contributed by atoms with E-state index in [-0.39, 0.29) is 12.4 Å². The molecule has 10 heavy (non-hydrogen) atoms. The van der Waals surface area contributed by atoms with Gasteiger partial charge in [0.2, 0.25) is 0 Å². The lowest BCUT2D eigenvalue weighted by Gasteiger charge is -2.07. The molecule has 0 spiro atoms. The largest absolute Gasteiger partial charge is 0.377 e. The minimum atomic E-state index is 0. The zero-order valence-electron chi connectivity index (χ0n) is 6.43. The van der Waals surface area contributed by atoms with E-state index in [1.165, 1.54) is 12.8 Å². The Morgan fingerprint density at radius 1 is 1.60 bits per heavy atom. The Morgan fingerprint density at radius 3 is 2.90 bits per heavy atom. The number of ether oxygens (including phenoxy) is 1. The molecule has 0 aromatic carbocycles. The molecule has 0 amide bonds. The number of halogens is 1. The first-order chi connectivity index (χ1) is 4.43. The first-order valence-electron chi connectivity index (χ1n) is 3.76. The number of likely N-dealkylation sites (N-methyl/N-ethyl adjacent to an activating group) is 1. The topological polar surface area (TPSA) is 21.3 Å². The standard InChI is InChI=1S/C7H15NO.ClH/c1-2-8-6-7-4-3-5-9-7;/h7-8H,2-6H2,1H3;1H. The molecular formula is C7H16ClNO. The average molecular weight is 166 g/mol. The molecule has 1 N–H and O–H groups in total. The summed E-state index contributed by atoms with van der Waals surface area (Å²) in [6.07, 6.45) is 2.99. The highest BCUT2D eigenvalue weighted by atomic mass is 35.5. The van der Waals surface area contributed by atoms with Gasteiger partial charge in [-0.3, -0.25) is 0 Å². The Labute approximate surface area is 68.7 Å². The fourth-order valence-electron chi connectivity index (χ4n) is 1.11. The molecule has 0 bridgehead atoms. The highest BCUT2D eigenvalue weighted by Gasteiger charge is 2.13. The minimum absolute atomic E-state index is 0. The van der Waals surface area contributed by atoms with Crippen LogP contribution in [0.2, 0.25) is 0 Å². The molecule has 0 aromatic heterocycles. The second kappa shape index (κ2) is 5.96. The van der Waals surface area contributed by atoms with E-state index in [2.05, 4.69) is 12.2 Å². The normalized spacial score (nSPS) is 24.3. The van der Waals surface area contributed by atoms with Crippen molar-refractivity contribution in [2.45, 2.75) is 25.9 Å².